The number of carbonyl (C=O) groups is 1. The van der Waals surface area contributed by atoms with Gasteiger partial charge in [-0.05, 0) is 68.4 Å². The van der Waals surface area contributed by atoms with Crippen LogP contribution in [0.2, 0.25) is 0 Å². The van der Waals surface area contributed by atoms with Crippen molar-refractivity contribution in [3.05, 3.63) is 52.1 Å². The van der Waals surface area contributed by atoms with E-state index >= 15 is 0 Å². The van der Waals surface area contributed by atoms with Crippen LogP contribution in [0.4, 0.5) is 5.69 Å². The number of pyridine rings is 1. The molecule has 2 aromatic heterocycles. The molecule has 4 aliphatic rings. The topological polar surface area (TPSA) is 103 Å². The first-order valence-electron chi connectivity index (χ1n) is 9.95. The average Bonchev–Trinajstić information content (AvgIpc) is 3.13. The van der Waals surface area contributed by atoms with Gasteiger partial charge in [0.05, 0.1) is 22.7 Å². The third-order valence-electron chi connectivity index (χ3n) is 6.75. The summed E-state index contributed by atoms with van der Waals surface area (Å²) in [5.41, 5.74) is 0.226. The Kier molecular flexibility index (Phi) is 3.96. The lowest BCUT2D eigenvalue weighted by molar-refractivity contribution is -0.385. The van der Waals surface area contributed by atoms with Gasteiger partial charge in [-0.2, -0.15) is 5.10 Å². The highest BCUT2D eigenvalue weighted by Crippen LogP contribution is 2.58. The van der Waals surface area contributed by atoms with E-state index in [0.29, 0.717) is 23.4 Å². The Hall–Kier alpha value is -2.77. The summed E-state index contributed by atoms with van der Waals surface area (Å²) in [6.45, 7) is 0.209. The van der Waals surface area contributed by atoms with E-state index in [1.165, 1.54) is 25.5 Å². The molecule has 0 aromatic carbocycles. The Labute approximate surface area is 162 Å². The molecule has 4 bridgehead atoms. The van der Waals surface area contributed by atoms with E-state index < -0.39 is 10.8 Å². The third-order valence-corrected chi connectivity index (χ3v) is 6.75. The van der Waals surface area contributed by atoms with Crippen LogP contribution in [0.15, 0.2) is 30.6 Å². The molecule has 4 saturated carbocycles. The Morgan fingerprint density at radius 3 is 2.46 bits per heavy atom. The molecule has 0 radical (unpaired) electrons. The van der Waals surface area contributed by atoms with Gasteiger partial charge in [-0.25, -0.2) is 0 Å². The summed E-state index contributed by atoms with van der Waals surface area (Å²) in [4.78, 5) is 27.9. The molecule has 2 heterocycles. The van der Waals surface area contributed by atoms with Gasteiger partial charge in [0.25, 0.3) is 5.91 Å². The number of hydrogen-bond acceptors (Lipinski definition) is 5. The van der Waals surface area contributed by atoms with Gasteiger partial charge in [0.2, 0.25) is 5.69 Å². The summed E-state index contributed by atoms with van der Waals surface area (Å²) in [5, 5.41) is 18.8. The maximum atomic E-state index is 12.7. The average molecular weight is 381 g/mol. The van der Waals surface area contributed by atoms with Gasteiger partial charge >= 0.3 is 5.69 Å². The number of rotatable bonds is 5. The van der Waals surface area contributed by atoms with Crippen LogP contribution < -0.4 is 5.32 Å². The zero-order valence-corrected chi connectivity index (χ0v) is 15.6. The summed E-state index contributed by atoms with van der Waals surface area (Å²) in [5.74, 6) is 1.55. The maximum Gasteiger partial charge on any atom is 0.320 e. The first-order valence-corrected chi connectivity index (χ1v) is 9.95. The molecule has 4 fully saturated rings. The summed E-state index contributed by atoms with van der Waals surface area (Å²) in [7, 11) is 0. The minimum atomic E-state index is -0.527. The van der Waals surface area contributed by atoms with Gasteiger partial charge in [-0.1, -0.05) is 6.07 Å². The molecule has 28 heavy (non-hydrogen) atoms. The molecular formula is C20H23N5O3. The normalized spacial score (nSPS) is 30.4. The van der Waals surface area contributed by atoms with E-state index in [4.69, 9.17) is 0 Å². The van der Waals surface area contributed by atoms with Gasteiger partial charge in [0.15, 0.2) is 0 Å². The second kappa shape index (κ2) is 6.39. The van der Waals surface area contributed by atoms with E-state index in [9.17, 15) is 14.9 Å². The quantitative estimate of drug-likeness (QED) is 0.633. The zero-order chi connectivity index (χ0) is 19.3. The van der Waals surface area contributed by atoms with E-state index in [1.807, 2.05) is 6.07 Å². The van der Waals surface area contributed by atoms with Gasteiger partial charge in [0.1, 0.15) is 6.20 Å². The van der Waals surface area contributed by atoms with Crippen molar-refractivity contribution in [2.24, 2.45) is 17.8 Å². The van der Waals surface area contributed by atoms with Gasteiger partial charge in [0, 0.05) is 6.20 Å². The molecule has 8 nitrogen and oxygen atoms in total. The number of nitrogens with zero attached hydrogens (tertiary/aromatic N) is 4. The molecular weight excluding hydrogens is 358 g/mol. The molecule has 0 saturated heterocycles. The van der Waals surface area contributed by atoms with Crippen LogP contribution in [0.5, 0.6) is 0 Å². The molecule has 0 unspecified atom stereocenters. The van der Waals surface area contributed by atoms with Gasteiger partial charge < -0.3 is 5.32 Å². The highest BCUT2D eigenvalue weighted by atomic mass is 16.6. The van der Waals surface area contributed by atoms with Crippen molar-refractivity contribution in [1.29, 1.82) is 0 Å². The number of amides is 1. The van der Waals surface area contributed by atoms with Gasteiger partial charge in [-0.3, -0.25) is 24.6 Å². The van der Waals surface area contributed by atoms with Gasteiger partial charge in [-0.15, -0.1) is 0 Å². The Balaban J connectivity index is 1.42. The number of nitro groups is 1. The Bertz CT molecular complexity index is 888. The summed E-state index contributed by atoms with van der Waals surface area (Å²) in [6.07, 6.45) is 10.0. The lowest BCUT2D eigenvalue weighted by Gasteiger charge is -2.56. The van der Waals surface area contributed by atoms with Crippen molar-refractivity contribution in [3.63, 3.8) is 0 Å². The first-order chi connectivity index (χ1) is 13.5. The van der Waals surface area contributed by atoms with Crippen molar-refractivity contribution in [1.82, 2.24) is 20.1 Å². The zero-order valence-electron chi connectivity index (χ0n) is 15.6. The molecule has 0 aliphatic heterocycles. The highest BCUT2D eigenvalue weighted by molar-refractivity contribution is 5.96. The largest absolute Gasteiger partial charge is 0.345 e. The third kappa shape index (κ3) is 2.87. The van der Waals surface area contributed by atoms with Crippen molar-refractivity contribution in [2.75, 3.05) is 0 Å². The van der Waals surface area contributed by atoms with E-state index in [0.717, 1.165) is 19.3 Å². The standard InChI is InChI=1S/C20H23N5O3/c26-19(22-11-16-3-1-2-4-21-16)18-17(25(27)28)12-24(23-18)20-8-13-5-14(9-20)7-15(6-13)10-20/h1-4,12-15H,5-11H2,(H,22,26). The summed E-state index contributed by atoms with van der Waals surface area (Å²) in [6, 6.07) is 5.42. The van der Waals surface area contributed by atoms with Crippen LogP contribution in [0.25, 0.3) is 0 Å². The van der Waals surface area contributed by atoms with E-state index in [1.54, 1.807) is 23.0 Å². The predicted molar refractivity (Wildman–Crippen MR) is 100 cm³/mol. The molecule has 0 atom stereocenters. The molecule has 8 heteroatoms. The van der Waals surface area contributed by atoms with Crippen LogP contribution in [0, 0.1) is 27.9 Å². The number of nitrogens with one attached hydrogen (secondary N) is 1. The van der Waals surface area contributed by atoms with Crippen molar-refractivity contribution >= 4 is 11.6 Å². The molecule has 0 spiro atoms. The summed E-state index contributed by atoms with van der Waals surface area (Å²) < 4.78 is 1.77. The minimum Gasteiger partial charge on any atom is -0.345 e. The molecule has 1 N–H and O–H groups in total. The van der Waals surface area contributed by atoms with Crippen LogP contribution in [0.3, 0.4) is 0 Å². The van der Waals surface area contributed by atoms with Crippen molar-refractivity contribution in [2.45, 2.75) is 50.6 Å². The second-order valence-electron chi connectivity index (χ2n) is 8.71. The maximum absolute atomic E-state index is 12.7. The van der Waals surface area contributed by atoms with E-state index in [-0.39, 0.29) is 23.5 Å². The lowest BCUT2D eigenvalue weighted by atomic mass is 9.53. The van der Waals surface area contributed by atoms with Crippen molar-refractivity contribution < 1.29 is 9.72 Å². The van der Waals surface area contributed by atoms with Crippen LogP contribution >= 0.6 is 0 Å². The van der Waals surface area contributed by atoms with E-state index in [2.05, 4.69) is 15.4 Å². The molecule has 1 amide bonds. The summed E-state index contributed by atoms with van der Waals surface area (Å²) >= 11 is 0. The van der Waals surface area contributed by atoms with Crippen LogP contribution in [-0.2, 0) is 12.1 Å². The fourth-order valence-electron chi connectivity index (χ4n) is 6.01. The van der Waals surface area contributed by atoms with Crippen LogP contribution in [0.1, 0.15) is 54.7 Å². The Morgan fingerprint density at radius 2 is 1.89 bits per heavy atom. The minimum absolute atomic E-state index is 0.100. The monoisotopic (exact) mass is 381 g/mol. The number of hydrogen-bond donors (Lipinski definition) is 1. The molecule has 6 rings (SSSR count). The Morgan fingerprint density at radius 1 is 1.21 bits per heavy atom. The fraction of sp³-hybridized carbons (Fsp3) is 0.550. The molecule has 2 aromatic rings. The number of carbonyl (C=O) groups excluding carboxylic acids is 1. The molecule has 4 aliphatic carbocycles. The predicted octanol–water partition coefficient (Wildman–Crippen LogP) is 3.04. The van der Waals surface area contributed by atoms with Crippen molar-refractivity contribution in [3.8, 4) is 0 Å². The smallest absolute Gasteiger partial charge is 0.320 e. The van der Waals surface area contributed by atoms with Crippen LogP contribution in [-0.4, -0.2) is 25.6 Å². The fourth-order valence-corrected chi connectivity index (χ4v) is 6.01. The number of aromatic nitrogens is 3. The lowest BCUT2D eigenvalue weighted by Crippen LogP contribution is -2.52. The SMILES string of the molecule is O=C(NCc1ccccn1)c1nn(C23CC4CC(CC(C4)C2)C3)cc1[N+](=O)[O-]. The first kappa shape index (κ1) is 17.3. The molecule has 146 valence electrons. The second-order valence-corrected chi connectivity index (χ2v) is 8.71. The highest BCUT2D eigenvalue weighted by Gasteiger charge is 2.53.